The fraction of sp³-hybridized carbons (Fsp3) is 0.316. The Bertz CT molecular complexity index is 718. The predicted octanol–water partition coefficient (Wildman–Crippen LogP) is 4.37. The molecule has 0 bridgehead atoms. The van der Waals surface area contributed by atoms with Crippen LogP contribution in [0.15, 0.2) is 53.0 Å². The number of piperidine rings is 1. The Morgan fingerprint density at radius 3 is 2.56 bits per heavy atom. The Morgan fingerprint density at radius 1 is 1.16 bits per heavy atom. The van der Waals surface area contributed by atoms with E-state index in [0.717, 1.165) is 36.1 Å². The summed E-state index contributed by atoms with van der Waals surface area (Å²) in [5.41, 5.74) is 1.49. The summed E-state index contributed by atoms with van der Waals surface area (Å²) in [4.78, 5) is 14.3. The van der Waals surface area contributed by atoms with Gasteiger partial charge in [0.15, 0.2) is 0 Å². The summed E-state index contributed by atoms with van der Waals surface area (Å²) < 4.78 is 14.7. The average molecular weight is 406 g/mol. The van der Waals surface area contributed by atoms with E-state index in [1.807, 2.05) is 42.5 Å². The zero-order chi connectivity index (χ0) is 17.6. The first-order valence-electron chi connectivity index (χ1n) is 8.39. The van der Waals surface area contributed by atoms with E-state index < -0.39 is 0 Å². The Kier molecular flexibility index (Phi) is 6.04. The number of carbonyl (C=O) groups excluding carboxylic acids is 1. The summed E-state index contributed by atoms with van der Waals surface area (Å²) >= 11 is 3.28. The highest BCUT2D eigenvalue weighted by Crippen LogP contribution is 2.19. The lowest BCUT2D eigenvalue weighted by Crippen LogP contribution is -2.45. The molecule has 0 aromatic heterocycles. The highest BCUT2D eigenvalue weighted by molar-refractivity contribution is 9.10. The van der Waals surface area contributed by atoms with Gasteiger partial charge in [0.2, 0.25) is 0 Å². The summed E-state index contributed by atoms with van der Waals surface area (Å²) in [6.07, 6.45) is 1.72. The summed E-state index contributed by atoms with van der Waals surface area (Å²) in [5.74, 6) is -0.183. The molecule has 0 spiro atoms. The van der Waals surface area contributed by atoms with Crippen molar-refractivity contribution in [3.63, 3.8) is 0 Å². The third-order valence-electron chi connectivity index (χ3n) is 4.36. The molecule has 0 unspecified atom stereocenters. The zero-order valence-corrected chi connectivity index (χ0v) is 15.4. The van der Waals surface area contributed by atoms with E-state index in [1.165, 1.54) is 6.07 Å². The summed E-state index contributed by atoms with van der Waals surface area (Å²) in [6, 6.07) is 14.5. The number of rotatable bonds is 4. The number of likely N-dealkylation sites (tertiary alicyclic amines) is 1. The fourth-order valence-corrected chi connectivity index (χ4v) is 3.33. The van der Waals surface area contributed by atoms with Crippen molar-refractivity contribution in [2.75, 3.05) is 18.4 Å². The number of nitrogens with one attached hydrogen (secondary N) is 2. The second kappa shape index (κ2) is 8.45. The molecule has 1 heterocycles. The van der Waals surface area contributed by atoms with E-state index in [9.17, 15) is 9.18 Å². The van der Waals surface area contributed by atoms with Gasteiger partial charge in [0.05, 0.1) is 0 Å². The Labute approximate surface area is 155 Å². The van der Waals surface area contributed by atoms with E-state index in [1.54, 1.807) is 0 Å². The van der Waals surface area contributed by atoms with Gasteiger partial charge in [0, 0.05) is 41.4 Å². The molecule has 1 fully saturated rings. The molecule has 0 aliphatic carbocycles. The third-order valence-corrected chi connectivity index (χ3v) is 4.86. The molecule has 1 aliphatic heterocycles. The number of anilines is 1. The molecule has 0 saturated carbocycles. The molecule has 1 saturated heterocycles. The van der Waals surface area contributed by atoms with Crippen molar-refractivity contribution in [1.29, 1.82) is 0 Å². The van der Waals surface area contributed by atoms with Gasteiger partial charge in [-0.3, -0.25) is 4.90 Å². The van der Waals surface area contributed by atoms with Crippen LogP contribution in [-0.4, -0.2) is 30.1 Å². The van der Waals surface area contributed by atoms with Gasteiger partial charge in [0.1, 0.15) is 5.82 Å². The molecule has 2 amide bonds. The van der Waals surface area contributed by atoms with Crippen LogP contribution in [0.5, 0.6) is 0 Å². The molecule has 132 valence electrons. The average Bonchev–Trinajstić information content (AvgIpc) is 2.60. The monoisotopic (exact) mass is 405 g/mol. The van der Waals surface area contributed by atoms with Crippen LogP contribution in [0, 0.1) is 5.82 Å². The normalized spacial score (nSPS) is 15.8. The maximum absolute atomic E-state index is 13.9. The smallest absolute Gasteiger partial charge is 0.319 e. The van der Waals surface area contributed by atoms with Crippen LogP contribution in [0.4, 0.5) is 14.9 Å². The highest BCUT2D eigenvalue weighted by Gasteiger charge is 2.21. The Hall–Kier alpha value is -1.92. The molecule has 0 radical (unpaired) electrons. The molecule has 2 N–H and O–H groups in total. The van der Waals surface area contributed by atoms with Gasteiger partial charge in [0.25, 0.3) is 0 Å². The maximum Gasteiger partial charge on any atom is 0.319 e. The Balaban J connectivity index is 1.44. The molecule has 3 rings (SSSR count). The number of halogens is 2. The standard InChI is InChI=1S/C19H21BrFN3O/c20-15-7-6-14(18(21)12-15)13-24-10-8-17(9-11-24)23-19(25)22-16-4-2-1-3-5-16/h1-7,12,17H,8-11,13H2,(H2,22,23,25). The van der Waals surface area contributed by atoms with Gasteiger partial charge in [-0.15, -0.1) is 0 Å². The van der Waals surface area contributed by atoms with E-state index in [2.05, 4.69) is 31.5 Å². The molecular formula is C19H21BrFN3O. The number of para-hydroxylation sites is 1. The molecule has 2 aromatic rings. The maximum atomic E-state index is 13.9. The lowest BCUT2D eigenvalue weighted by Gasteiger charge is -2.32. The van der Waals surface area contributed by atoms with Crippen LogP contribution in [0.1, 0.15) is 18.4 Å². The van der Waals surface area contributed by atoms with E-state index in [4.69, 9.17) is 0 Å². The molecular weight excluding hydrogens is 385 g/mol. The van der Waals surface area contributed by atoms with Crippen LogP contribution < -0.4 is 10.6 Å². The topological polar surface area (TPSA) is 44.4 Å². The van der Waals surface area contributed by atoms with Crippen LogP contribution >= 0.6 is 15.9 Å². The van der Waals surface area contributed by atoms with Crippen molar-refractivity contribution in [3.05, 3.63) is 64.4 Å². The lowest BCUT2D eigenvalue weighted by molar-refractivity contribution is 0.188. The van der Waals surface area contributed by atoms with Crippen molar-refractivity contribution < 1.29 is 9.18 Å². The quantitative estimate of drug-likeness (QED) is 0.792. The van der Waals surface area contributed by atoms with Crippen molar-refractivity contribution >= 4 is 27.6 Å². The van der Waals surface area contributed by atoms with Crippen molar-refractivity contribution in [3.8, 4) is 0 Å². The van der Waals surface area contributed by atoms with Gasteiger partial charge in [-0.2, -0.15) is 0 Å². The summed E-state index contributed by atoms with van der Waals surface area (Å²) in [5, 5.41) is 5.85. The lowest BCUT2D eigenvalue weighted by atomic mass is 10.0. The largest absolute Gasteiger partial charge is 0.335 e. The van der Waals surface area contributed by atoms with Gasteiger partial charge in [-0.05, 0) is 37.1 Å². The molecule has 6 heteroatoms. The predicted molar refractivity (Wildman–Crippen MR) is 101 cm³/mol. The van der Waals surface area contributed by atoms with Crippen LogP contribution in [0.3, 0.4) is 0 Å². The van der Waals surface area contributed by atoms with Gasteiger partial charge in [-0.1, -0.05) is 40.2 Å². The first-order chi connectivity index (χ1) is 12.1. The van der Waals surface area contributed by atoms with Crippen LogP contribution in [0.25, 0.3) is 0 Å². The third kappa shape index (κ3) is 5.28. The number of urea groups is 1. The molecule has 25 heavy (non-hydrogen) atoms. The van der Waals surface area contributed by atoms with Crippen LogP contribution in [0.2, 0.25) is 0 Å². The number of amides is 2. The van der Waals surface area contributed by atoms with Crippen molar-refractivity contribution in [2.45, 2.75) is 25.4 Å². The van der Waals surface area contributed by atoms with Gasteiger partial charge in [-0.25, -0.2) is 9.18 Å². The van der Waals surface area contributed by atoms with E-state index in [0.29, 0.717) is 12.1 Å². The fourth-order valence-electron chi connectivity index (χ4n) is 3.00. The van der Waals surface area contributed by atoms with Crippen LogP contribution in [-0.2, 0) is 6.54 Å². The number of carbonyl (C=O) groups is 1. The number of hydrogen-bond acceptors (Lipinski definition) is 2. The number of nitrogens with zero attached hydrogens (tertiary/aromatic N) is 1. The highest BCUT2D eigenvalue weighted by atomic mass is 79.9. The minimum absolute atomic E-state index is 0.148. The van der Waals surface area contributed by atoms with Gasteiger partial charge >= 0.3 is 6.03 Å². The number of hydrogen-bond donors (Lipinski definition) is 2. The zero-order valence-electron chi connectivity index (χ0n) is 13.8. The Morgan fingerprint density at radius 2 is 1.88 bits per heavy atom. The van der Waals surface area contributed by atoms with E-state index in [-0.39, 0.29) is 17.9 Å². The first-order valence-corrected chi connectivity index (χ1v) is 9.18. The first kappa shape index (κ1) is 17.9. The minimum Gasteiger partial charge on any atom is -0.335 e. The molecule has 1 aliphatic rings. The second-order valence-corrected chi connectivity index (χ2v) is 7.17. The molecule has 4 nitrogen and oxygen atoms in total. The molecule has 2 aromatic carbocycles. The molecule has 0 atom stereocenters. The van der Waals surface area contributed by atoms with Gasteiger partial charge < -0.3 is 10.6 Å². The number of benzene rings is 2. The van der Waals surface area contributed by atoms with Crippen molar-refractivity contribution in [2.24, 2.45) is 0 Å². The summed E-state index contributed by atoms with van der Waals surface area (Å²) in [6.45, 7) is 2.28. The van der Waals surface area contributed by atoms with Crippen molar-refractivity contribution in [1.82, 2.24) is 10.2 Å². The van der Waals surface area contributed by atoms with E-state index >= 15 is 0 Å². The summed E-state index contributed by atoms with van der Waals surface area (Å²) in [7, 11) is 0. The minimum atomic E-state index is -0.183. The SMILES string of the molecule is O=C(Nc1ccccc1)NC1CCN(Cc2ccc(Br)cc2F)CC1. The second-order valence-electron chi connectivity index (χ2n) is 6.25.